The Morgan fingerprint density at radius 2 is 1.92 bits per heavy atom. The van der Waals surface area contributed by atoms with Gasteiger partial charge < -0.3 is 9.15 Å². The van der Waals surface area contributed by atoms with Gasteiger partial charge in [0.05, 0.1) is 11.3 Å². The Labute approximate surface area is 79.1 Å². The smallest absolute Gasteiger partial charge is 0.220 e. The second kappa shape index (κ2) is 3.50. The van der Waals surface area contributed by atoms with Gasteiger partial charge in [-0.2, -0.15) is 0 Å². The number of nitrogens with zero attached hydrogens (tertiary/aromatic N) is 1. The molecule has 0 N–H and O–H groups in total. The van der Waals surface area contributed by atoms with E-state index in [0.29, 0.717) is 12.5 Å². The summed E-state index contributed by atoms with van der Waals surface area (Å²) in [6.45, 7) is 10.3. The highest BCUT2D eigenvalue weighted by molar-refractivity contribution is 5.04. The second-order valence-electron chi connectivity index (χ2n) is 4.15. The Balaban J connectivity index is 2.56. The Hall–Kier alpha value is -0.830. The van der Waals surface area contributed by atoms with E-state index in [-0.39, 0.29) is 5.60 Å². The van der Waals surface area contributed by atoms with E-state index in [1.54, 1.807) is 0 Å². The number of rotatable bonds is 2. The fourth-order valence-corrected chi connectivity index (χ4v) is 0.879. The number of aryl methyl sites for hydroxylation is 2. The predicted octanol–water partition coefficient (Wildman–Crippen LogP) is 2.61. The zero-order chi connectivity index (χ0) is 10.1. The first kappa shape index (κ1) is 10.3. The van der Waals surface area contributed by atoms with E-state index in [1.165, 1.54) is 0 Å². The SMILES string of the molecule is Cc1nc(COC(C)(C)C)oc1C. The molecule has 0 aromatic carbocycles. The maximum absolute atomic E-state index is 5.53. The van der Waals surface area contributed by atoms with Crippen LogP contribution in [0.4, 0.5) is 0 Å². The van der Waals surface area contributed by atoms with Crippen LogP contribution in [0.1, 0.15) is 38.1 Å². The number of hydrogen-bond donors (Lipinski definition) is 0. The number of oxazole rings is 1. The van der Waals surface area contributed by atoms with Crippen LogP contribution in [-0.2, 0) is 11.3 Å². The quantitative estimate of drug-likeness (QED) is 0.707. The number of ether oxygens (including phenoxy) is 1. The molecule has 0 fully saturated rings. The van der Waals surface area contributed by atoms with Crippen molar-refractivity contribution in [3.05, 3.63) is 17.3 Å². The monoisotopic (exact) mass is 183 g/mol. The van der Waals surface area contributed by atoms with Crippen LogP contribution in [0.15, 0.2) is 4.42 Å². The fourth-order valence-electron chi connectivity index (χ4n) is 0.879. The van der Waals surface area contributed by atoms with Crippen molar-refractivity contribution in [2.24, 2.45) is 0 Å². The van der Waals surface area contributed by atoms with E-state index in [2.05, 4.69) is 4.98 Å². The highest BCUT2D eigenvalue weighted by Gasteiger charge is 2.13. The molecule has 13 heavy (non-hydrogen) atoms. The molecule has 1 aromatic heterocycles. The minimum absolute atomic E-state index is 0.143. The van der Waals surface area contributed by atoms with E-state index in [9.17, 15) is 0 Å². The van der Waals surface area contributed by atoms with E-state index in [1.807, 2.05) is 34.6 Å². The summed E-state index contributed by atoms with van der Waals surface area (Å²) in [5.41, 5.74) is 0.795. The molecule has 0 aliphatic rings. The van der Waals surface area contributed by atoms with Crippen LogP contribution >= 0.6 is 0 Å². The van der Waals surface area contributed by atoms with Gasteiger partial charge in [-0.15, -0.1) is 0 Å². The number of aromatic nitrogens is 1. The summed E-state index contributed by atoms with van der Waals surface area (Å²) in [6.07, 6.45) is 0. The van der Waals surface area contributed by atoms with E-state index < -0.39 is 0 Å². The summed E-state index contributed by atoms with van der Waals surface area (Å²) in [6, 6.07) is 0. The standard InChI is InChI=1S/C10H17NO2/c1-7-8(2)13-9(11-7)6-12-10(3,4)5/h6H2,1-5H3. The minimum Gasteiger partial charge on any atom is -0.443 e. The Morgan fingerprint density at radius 1 is 1.31 bits per heavy atom. The second-order valence-corrected chi connectivity index (χ2v) is 4.15. The van der Waals surface area contributed by atoms with E-state index >= 15 is 0 Å². The van der Waals surface area contributed by atoms with Crippen molar-refractivity contribution in [3.63, 3.8) is 0 Å². The van der Waals surface area contributed by atoms with Crippen molar-refractivity contribution in [1.29, 1.82) is 0 Å². The summed E-state index contributed by atoms with van der Waals surface area (Å²) >= 11 is 0. The van der Waals surface area contributed by atoms with Gasteiger partial charge in [0.2, 0.25) is 5.89 Å². The summed E-state index contributed by atoms with van der Waals surface area (Å²) in [4.78, 5) is 4.22. The van der Waals surface area contributed by atoms with Crippen molar-refractivity contribution in [1.82, 2.24) is 4.98 Å². The van der Waals surface area contributed by atoms with Gasteiger partial charge >= 0.3 is 0 Å². The molecular formula is C10H17NO2. The molecule has 0 aliphatic carbocycles. The molecule has 0 aliphatic heterocycles. The lowest BCUT2D eigenvalue weighted by Crippen LogP contribution is -2.18. The highest BCUT2D eigenvalue weighted by atomic mass is 16.5. The van der Waals surface area contributed by atoms with Gasteiger partial charge in [-0.1, -0.05) is 0 Å². The van der Waals surface area contributed by atoms with Crippen LogP contribution in [0.2, 0.25) is 0 Å². The summed E-state index contributed by atoms with van der Waals surface area (Å²) in [5.74, 6) is 1.53. The van der Waals surface area contributed by atoms with Crippen molar-refractivity contribution in [2.75, 3.05) is 0 Å². The predicted molar refractivity (Wildman–Crippen MR) is 50.5 cm³/mol. The zero-order valence-electron chi connectivity index (χ0n) is 8.97. The van der Waals surface area contributed by atoms with E-state index in [4.69, 9.17) is 9.15 Å². The summed E-state index contributed by atoms with van der Waals surface area (Å²) < 4.78 is 10.9. The largest absolute Gasteiger partial charge is 0.443 e. The van der Waals surface area contributed by atoms with Crippen molar-refractivity contribution < 1.29 is 9.15 Å². The van der Waals surface area contributed by atoms with Crippen molar-refractivity contribution >= 4 is 0 Å². The van der Waals surface area contributed by atoms with Crippen LogP contribution in [0.5, 0.6) is 0 Å². The molecule has 0 atom stereocenters. The molecule has 0 spiro atoms. The Bertz CT molecular complexity index is 264. The molecule has 0 unspecified atom stereocenters. The maximum atomic E-state index is 5.53. The van der Waals surface area contributed by atoms with Gasteiger partial charge in [-0.05, 0) is 34.6 Å². The van der Waals surface area contributed by atoms with Crippen LogP contribution in [0, 0.1) is 13.8 Å². The van der Waals surface area contributed by atoms with Crippen LogP contribution in [0.3, 0.4) is 0 Å². The lowest BCUT2D eigenvalue weighted by atomic mass is 10.2. The van der Waals surface area contributed by atoms with E-state index in [0.717, 1.165) is 11.5 Å². The molecule has 3 heteroatoms. The molecule has 0 amide bonds. The first-order valence-electron chi connectivity index (χ1n) is 4.45. The minimum atomic E-state index is -0.143. The lowest BCUT2D eigenvalue weighted by molar-refractivity contribution is -0.0245. The Kier molecular flexibility index (Phi) is 2.76. The molecule has 1 rings (SSSR count). The Morgan fingerprint density at radius 3 is 2.31 bits per heavy atom. The molecule has 0 bridgehead atoms. The summed E-state index contributed by atoms with van der Waals surface area (Å²) in [7, 11) is 0. The molecule has 74 valence electrons. The molecule has 3 nitrogen and oxygen atoms in total. The van der Waals surface area contributed by atoms with Gasteiger partial charge in [0.25, 0.3) is 0 Å². The highest BCUT2D eigenvalue weighted by Crippen LogP contribution is 2.13. The van der Waals surface area contributed by atoms with Gasteiger partial charge in [-0.25, -0.2) is 4.98 Å². The first-order valence-corrected chi connectivity index (χ1v) is 4.45. The molecule has 1 heterocycles. The van der Waals surface area contributed by atoms with Gasteiger partial charge in [0.1, 0.15) is 12.4 Å². The van der Waals surface area contributed by atoms with Gasteiger partial charge in [0.15, 0.2) is 0 Å². The molecular weight excluding hydrogens is 166 g/mol. The summed E-state index contributed by atoms with van der Waals surface area (Å²) in [5, 5.41) is 0. The van der Waals surface area contributed by atoms with Gasteiger partial charge in [0, 0.05) is 0 Å². The normalized spacial score (nSPS) is 12.1. The first-order chi connectivity index (χ1) is 5.88. The third kappa shape index (κ3) is 3.19. The van der Waals surface area contributed by atoms with Crippen molar-refractivity contribution in [2.45, 2.75) is 46.8 Å². The lowest BCUT2D eigenvalue weighted by Gasteiger charge is -2.17. The number of hydrogen-bond acceptors (Lipinski definition) is 3. The third-order valence-corrected chi connectivity index (χ3v) is 1.70. The molecule has 0 saturated carbocycles. The van der Waals surface area contributed by atoms with Crippen LogP contribution in [0.25, 0.3) is 0 Å². The topological polar surface area (TPSA) is 35.3 Å². The van der Waals surface area contributed by atoms with Crippen LogP contribution < -0.4 is 0 Å². The fraction of sp³-hybridized carbons (Fsp3) is 0.700. The average Bonchev–Trinajstić information content (AvgIpc) is 2.27. The van der Waals surface area contributed by atoms with Gasteiger partial charge in [-0.3, -0.25) is 0 Å². The van der Waals surface area contributed by atoms with Crippen molar-refractivity contribution in [3.8, 4) is 0 Å². The van der Waals surface area contributed by atoms with Crippen LogP contribution in [-0.4, -0.2) is 10.6 Å². The molecule has 0 saturated heterocycles. The zero-order valence-corrected chi connectivity index (χ0v) is 8.97. The molecule has 1 aromatic rings. The third-order valence-electron chi connectivity index (χ3n) is 1.70. The maximum Gasteiger partial charge on any atom is 0.220 e. The molecule has 0 radical (unpaired) electrons. The average molecular weight is 183 g/mol.